The number of hydrogen-bond acceptors (Lipinski definition) is 6. The number of aromatic nitrogens is 4. The summed E-state index contributed by atoms with van der Waals surface area (Å²) in [5.41, 5.74) is 0.912. The molecular formula is C12H17N5O3. The molecule has 0 radical (unpaired) electrons. The van der Waals surface area contributed by atoms with Crippen LogP contribution >= 0.6 is 0 Å². The van der Waals surface area contributed by atoms with Gasteiger partial charge in [0, 0.05) is 6.42 Å². The predicted molar refractivity (Wildman–Crippen MR) is 70.4 cm³/mol. The lowest BCUT2D eigenvalue weighted by molar-refractivity contribution is -0.386. The van der Waals surface area contributed by atoms with E-state index in [0.717, 1.165) is 19.3 Å². The minimum absolute atomic E-state index is 0.0377. The lowest BCUT2D eigenvalue weighted by atomic mass is 10.2. The van der Waals surface area contributed by atoms with Gasteiger partial charge < -0.3 is 4.52 Å². The van der Waals surface area contributed by atoms with Gasteiger partial charge in [-0.05, 0) is 20.3 Å². The molecule has 8 heteroatoms. The second-order valence-corrected chi connectivity index (χ2v) is 4.64. The molecule has 0 aromatic carbocycles. The Bertz CT molecular complexity index is 617. The van der Waals surface area contributed by atoms with Crippen LogP contribution < -0.4 is 0 Å². The van der Waals surface area contributed by atoms with E-state index in [-0.39, 0.29) is 12.2 Å². The summed E-state index contributed by atoms with van der Waals surface area (Å²) in [5, 5.41) is 19.0. The molecule has 2 rings (SSSR count). The molecule has 0 amide bonds. The highest BCUT2D eigenvalue weighted by Crippen LogP contribution is 2.22. The lowest BCUT2D eigenvalue weighted by Crippen LogP contribution is -2.05. The van der Waals surface area contributed by atoms with E-state index < -0.39 is 4.92 Å². The summed E-state index contributed by atoms with van der Waals surface area (Å²) in [6.45, 7) is 5.62. The summed E-state index contributed by atoms with van der Waals surface area (Å²) < 4.78 is 6.66. The standard InChI is InChI=1S/C12H17N5O3/c1-4-5-6-10-13-11(20-15-10)7-16-9(3)12(17(18)19)8(2)14-16/h4-7H2,1-3H3. The van der Waals surface area contributed by atoms with E-state index in [1.54, 1.807) is 13.8 Å². The zero-order chi connectivity index (χ0) is 14.7. The zero-order valence-electron chi connectivity index (χ0n) is 11.8. The average Bonchev–Trinajstić information content (AvgIpc) is 2.93. The largest absolute Gasteiger partial charge is 0.337 e. The van der Waals surface area contributed by atoms with Crippen LogP contribution in [0.2, 0.25) is 0 Å². The molecule has 0 aliphatic heterocycles. The van der Waals surface area contributed by atoms with Crippen molar-refractivity contribution in [2.45, 2.75) is 46.6 Å². The molecule has 0 saturated carbocycles. The third-order valence-corrected chi connectivity index (χ3v) is 3.07. The maximum atomic E-state index is 10.9. The first-order valence-corrected chi connectivity index (χ1v) is 6.52. The molecular weight excluding hydrogens is 262 g/mol. The lowest BCUT2D eigenvalue weighted by Gasteiger charge is -1.98. The van der Waals surface area contributed by atoms with E-state index in [4.69, 9.17) is 4.52 Å². The number of unbranched alkanes of at least 4 members (excludes halogenated alkanes) is 1. The van der Waals surface area contributed by atoms with Gasteiger partial charge >= 0.3 is 5.69 Å². The van der Waals surface area contributed by atoms with Crippen LogP contribution in [0.25, 0.3) is 0 Å². The van der Waals surface area contributed by atoms with Gasteiger partial charge in [-0.25, -0.2) is 0 Å². The van der Waals surface area contributed by atoms with E-state index >= 15 is 0 Å². The van der Waals surface area contributed by atoms with Gasteiger partial charge in [-0.1, -0.05) is 18.5 Å². The fourth-order valence-electron chi connectivity index (χ4n) is 2.02. The molecule has 8 nitrogen and oxygen atoms in total. The quantitative estimate of drug-likeness (QED) is 0.593. The van der Waals surface area contributed by atoms with E-state index in [0.29, 0.717) is 23.1 Å². The molecule has 2 aromatic heterocycles. The van der Waals surface area contributed by atoms with Crippen molar-refractivity contribution < 1.29 is 9.45 Å². The molecule has 0 atom stereocenters. The Morgan fingerprint density at radius 1 is 1.40 bits per heavy atom. The number of hydrogen-bond donors (Lipinski definition) is 0. The molecule has 108 valence electrons. The van der Waals surface area contributed by atoms with Gasteiger partial charge in [-0.15, -0.1) is 0 Å². The second kappa shape index (κ2) is 5.81. The number of nitro groups is 1. The minimum Gasteiger partial charge on any atom is -0.337 e. The summed E-state index contributed by atoms with van der Waals surface area (Å²) in [4.78, 5) is 14.8. The van der Waals surface area contributed by atoms with Crippen molar-refractivity contribution in [3.63, 3.8) is 0 Å². The highest BCUT2D eigenvalue weighted by atomic mass is 16.6. The maximum absolute atomic E-state index is 10.9. The van der Waals surface area contributed by atoms with Gasteiger partial charge in [0.25, 0.3) is 0 Å². The Labute approximate surface area is 115 Å². The molecule has 20 heavy (non-hydrogen) atoms. The molecule has 0 aliphatic carbocycles. The van der Waals surface area contributed by atoms with Gasteiger partial charge in [0.2, 0.25) is 5.89 Å². The van der Waals surface area contributed by atoms with Crippen LogP contribution in [0, 0.1) is 24.0 Å². The average molecular weight is 279 g/mol. The molecule has 0 fully saturated rings. The summed E-state index contributed by atoms with van der Waals surface area (Å²) in [5.74, 6) is 1.08. The van der Waals surface area contributed by atoms with Crippen LogP contribution in [0.4, 0.5) is 5.69 Å². The van der Waals surface area contributed by atoms with E-state index in [1.807, 2.05) is 0 Å². The van der Waals surface area contributed by atoms with Gasteiger partial charge in [-0.3, -0.25) is 14.8 Å². The van der Waals surface area contributed by atoms with E-state index in [9.17, 15) is 10.1 Å². The first-order chi connectivity index (χ1) is 9.52. The van der Waals surface area contributed by atoms with Gasteiger partial charge in [0.15, 0.2) is 5.82 Å². The summed E-state index contributed by atoms with van der Waals surface area (Å²) in [6.07, 6.45) is 2.84. The first kappa shape index (κ1) is 14.2. The van der Waals surface area contributed by atoms with Crippen LogP contribution in [0.5, 0.6) is 0 Å². The third kappa shape index (κ3) is 2.84. The monoisotopic (exact) mass is 279 g/mol. The van der Waals surface area contributed by atoms with Gasteiger partial charge in [0.1, 0.15) is 17.9 Å². The van der Waals surface area contributed by atoms with Crippen molar-refractivity contribution in [2.24, 2.45) is 0 Å². The Balaban J connectivity index is 2.16. The molecule has 0 N–H and O–H groups in total. The Kier molecular flexibility index (Phi) is 4.11. The molecule has 0 saturated heterocycles. The van der Waals surface area contributed by atoms with Crippen LogP contribution in [0.15, 0.2) is 4.52 Å². The maximum Gasteiger partial charge on any atom is 0.312 e. The second-order valence-electron chi connectivity index (χ2n) is 4.64. The number of aryl methyl sites for hydroxylation is 2. The van der Waals surface area contributed by atoms with Crippen molar-refractivity contribution in [1.82, 2.24) is 19.9 Å². The van der Waals surface area contributed by atoms with E-state index in [2.05, 4.69) is 22.2 Å². The SMILES string of the molecule is CCCCc1noc(Cn2nc(C)c([N+](=O)[O-])c2C)n1. The van der Waals surface area contributed by atoms with Crippen molar-refractivity contribution in [2.75, 3.05) is 0 Å². The van der Waals surface area contributed by atoms with Crippen LogP contribution in [0.1, 0.15) is 42.9 Å². The number of nitrogens with zero attached hydrogens (tertiary/aromatic N) is 5. The molecule has 0 spiro atoms. The smallest absolute Gasteiger partial charge is 0.312 e. The van der Waals surface area contributed by atoms with Crippen LogP contribution in [-0.4, -0.2) is 24.8 Å². The zero-order valence-corrected chi connectivity index (χ0v) is 11.8. The van der Waals surface area contributed by atoms with Crippen LogP contribution in [-0.2, 0) is 13.0 Å². The Morgan fingerprint density at radius 3 is 2.75 bits per heavy atom. The normalized spacial score (nSPS) is 10.9. The predicted octanol–water partition coefficient (Wildman–Crippen LogP) is 2.18. The van der Waals surface area contributed by atoms with Gasteiger partial charge in [-0.2, -0.15) is 10.1 Å². The Hall–Kier alpha value is -2.25. The highest BCUT2D eigenvalue weighted by molar-refractivity contribution is 5.39. The highest BCUT2D eigenvalue weighted by Gasteiger charge is 2.22. The topological polar surface area (TPSA) is 99.9 Å². The number of rotatable bonds is 6. The van der Waals surface area contributed by atoms with Gasteiger partial charge in [0.05, 0.1) is 4.92 Å². The van der Waals surface area contributed by atoms with Crippen molar-refractivity contribution >= 4 is 5.69 Å². The first-order valence-electron chi connectivity index (χ1n) is 6.52. The van der Waals surface area contributed by atoms with E-state index in [1.165, 1.54) is 4.68 Å². The van der Waals surface area contributed by atoms with Crippen molar-refractivity contribution in [1.29, 1.82) is 0 Å². The molecule has 0 aliphatic rings. The molecule has 0 bridgehead atoms. The Morgan fingerprint density at radius 2 is 2.15 bits per heavy atom. The fraction of sp³-hybridized carbons (Fsp3) is 0.583. The fourth-order valence-corrected chi connectivity index (χ4v) is 2.02. The van der Waals surface area contributed by atoms with Crippen molar-refractivity contribution in [3.8, 4) is 0 Å². The molecule has 2 heterocycles. The minimum atomic E-state index is -0.422. The summed E-state index contributed by atoms with van der Waals surface area (Å²) in [7, 11) is 0. The molecule has 2 aromatic rings. The summed E-state index contributed by atoms with van der Waals surface area (Å²) >= 11 is 0. The summed E-state index contributed by atoms with van der Waals surface area (Å²) in [6, 6.07) is 0. The third-order valence-electron chi connectivity index (χ3n) is 3.07. The van der Waals surface area contributed by atoms with Crippen LogP contribution in [0.3, 0.4) is 0 Å². The van der Waals surface area contributed by atoms with Crippen molar-refractivity contribution in [3.05, 3.63) is 33.2 Å². The molecule has 0 unspecified atom stereocenters.